The summed E-state index contributed by atoms with van der Waals surface area (Å²) >= 11 is 0. The van der Waals surface area contributed by atoms with E-state index in [1.807, 2.05) is 0 Å². The second-order valence-corrected chi connectivity index (χ2v) is 7.52. The smallest absolute Gasteiger partial charge is 0.318 e. The van der Waals surface area contributed by atoms with Crippen molar-refractivity contribution in [1.82, 2.24) is 9.03 Å². The van der Waals surface area contributed by atoms with Crippen LogP contribution >= 0.6 is 0 Å². The van der Waals surface area contributed by atoms with Gasteiger partial charge in [0.1, 0.15) is 6.54 Å². The van der Waals surface area contributed by atoms with E-state index >= 15 is 0 Å². The van der Waals surface area contributed by atoms with Crippen molar-refractivity contribution in [2.24, 2.45) is 0 Å². The fourth-order valence-electron chi connectivity index (χ4n) is 1.25. The monoisotopic (exact) mass is 266 g/mol. The Morgan fingerprint density at radius 3 is 1.82 bits per heavy atom. The lowest BCUT2D eigenvalue weighted by atomic mass is 10.1. The summed E-state index contributed by atoms with van der Waals surface area (Å²) in [5, 5.41) is 8.77. The summed E-state index contributed by atoms with van der Waals surface area (Å²) in [7, 11) is -3.83. The largest absolute Gasteiger partial charge is 0.480 e. The molecule has 0 radical (unpaired) electrons. The van der Waals surface area contributed by atoms with E-state index in [0.29, 0.717) is 0 Å². The van der Waals surface area contributed by atoms with Crippen LogP contribution in [0, 0.1) is 0 Å². The summed E-state index contributed by atoms with van der Waals surface area (Å²) in [5.74, 6) is -1.18. The molecule has 0 bridgehead atoms. The number of carboxylic acids is 1. The first kappa shape index (κ1) is 16.3. The number of nitrogens with one attached hydrogen (secondary N) is 1. The number of hydrogen-bond acceptors (Lipinski definition) is 3. The Morgan fingerprint density at radius 2 is 1.59 bits per heavy atom. The first-order chi connectivity index (χ1) is 7.26. The van der Waals surface area contributed by atoms with E-state index < -0.39 is 33.8 Å². The molecule has 0 atom stereocenters. The molecule has 0 rings (SSSR count). The first-order valence-corrected chi connectivity index (χ1v) is 6.73. The van der Waals surface area contributed by atoms with Gasteiger partial charge >= 0.3 is 5.97 Å². The molecule has 2 N–H and O–H groups in total. The number of nitrogens with zero attached hydrogens (tertiary/aromatic N) is 1. The second-order valence-electron chi connectivity index (χ2n) is 5.93. The highest BCUT2D eigenvalue weighted by atomic mass is 32.2. The third-order valence-corrected chi connectivity index (χ3v) is 3.88. The second kappa shape index (κ2) is 4.91. The summed E-state index contributed by atoms with van der Waals surface area (Å²) in [6.07, 6.45) is 0. The van der Waals surface area contributed by atoms with Crippen molar-refractivity contribution in [2.45, 2.75) is 52.6 Å². The highest BCUT2D eigenvalue weighted by molar-refractivity contribution is 7.87. The number of carboxylic acid groups (broad SMARTS) is 1. The molecule has 0 aliphatic carbocycles. The van der Waals surface area contributed by atoms with Crippen molar-refractivity contribution in [3.05, 3.63) is 0 Å². The van der Waals surface area contributed by atoms with Crippen LogP contribution in [0.5, 0.6) is 0 Å². The van der Waals surface area contributed by atoms with Crippen molar-refractivity contribution >= 4 is 16.2 Å². The molecule has 6 nitrogen and oxygen atoms in total. The minimum Gasteiger partial charge on any atom is -0.480 e. The van der Waals surface area contributed by atoms with Gasteiger partial charge in [-0.25, -0.2) is 0 Å². The van der Waals surface area contributed by atoms with E-state index in [1.54, 1.807) is 41.5 Å². The molecule has 0 saturated heterocycles. The third-order valence-electron chi connectivity index (χ3n) is 1.75. The molecule has 102 valence electrons. The summed E-state index contributed by atoms with van der Waals surface area (Å²) in [6.45, 7) is 9.49. The van der Waals surface area contributed by atoms with Gasteiger partial charge in [0.15, 0.2) is 0 Å². The summed E-state index contributed by atoms with van der Waals surface area (Å²) in [5.41, 5.74) is -1.45. The predicted molar refractivity (Wildman–Crippen MR) is 65.9 cm³/mol. The third kappa shape index (κ3) is 5.99. The molecule has 0 aromatic rings. The lowest BCUT2D eigenvalue weighted by Crippen LogP contribution is -2.56. The maximum absolute atomic E-state index is 12.1. The maximum atomic E-state index is 12.1. The molecule has 0 heterocycles. The van der Waals surface area contributed by atoms with Crippen LogP contribution in [0.15, 0.2) is 0 Å². The van der Waals surface area contributed by atoms with Gasteiger partial charge < -0.3 is 5.11 Å². The predicted octanol–water partition coefficient (Wildman–Crippen LogP) is 0.804. The van der Waals surface area contributed by atoms with E-state index in [2.05, 4.69) is 4.72 Å². The summed E-state index contributed by atoms with van der Waals surface area (Å²) in [6, 6.07) is 0. The molecule has 0 aromatic carbocycles. The molecule has 0 amide bonds. The summed E-state index contributed by atoms with van der Waals surface area (Å²) < 4.78 is 27.5. The van der Waals surface area contributed by atoms with Crippen LogP contribution in [0.4, 0.5) is 0 Å². The zero-order chi connectivity index (χ0) is 14.1. The minimum atomic E-state index is -3.83. The highest BCUT2D eigenvalue weighted by Crippen LogP contribution is 2.18. The molecule has 0 aromatic heterocycles. The van der Waals surface area contributed by atoms with Gasteiger partial charge in [0.05, 0.1) is 0 Å². The Balaban J connectivity index is 5.26. The topological polar surface area (TPSA) is 86.7 Å². The van der Waals surface area contributed by atoms with Crippen molar-refractivity contribution in [3.8, 4) is 0 Å². The molecule has 0 aliphatic heterocycles. The van der Waals surface area contributed by atoms with Crippen molar-refractivity contribution in [3.63, 3.8) is 0 Å². The Kier molecular flexibility index (Phi) is 4.72. The number of aliphatic carboxylic acids is 1. The fraction of sp³-hybridized carbons (Fsp3) is 0.900. The lowest BCUT2D eigenvalue weighted by molar-refractivity contribution is -0.138. The molecule has 0 aliphatic rings. The van der Waals surface area contributed by atoms with Crippen molar-refractivity contribution < 1.29 is 18.3 Å². The Morgan fingerprint density at radius 1 is 1.18 bits per heavy atom. The molecule has 17 heavy (non-hydrogen) atoms. The quantitative estimate of drug-likeness (QED) is 0.788. The zero-order valence-corrected chi connectivity index (χ0v) is 12.1. The van der Waals surface area contributed by atoms with Crippen LogP contribution in [-0.4, -0.2) is 41.4 Å². The standard InChI is InChI=1S/C10H22N2O4S/c1-9(2,3)11-17(15,16)12(7-8(13)14)10(4,5)6/h11H,7H2,1-6H3,(H,13,14). The average Bonchev–Trinajstić information content (AvgIpc) is 1.92. The van der Waals surface area contributed by atoms with Crippen LogP contribution in [-0.2, 0) is 15.0 Å². The van der Waals surface area contributed by atoms with Gasteiger partial charge in [-0.2, -0.15) is 17.4 Å². The van der Waals surface area contributed by atoms with Gasteiger partial charge in [0.2, 0.25) is 0 Å². The molecule has 0 saturated carbocycles. The van der Waals surface area contributed by atoms with E-state index in [9.17, 15) is 13.2 Å². The number of carbonyl (C=O) groups is 1. The molecule has 7 heteroatoms. The van der Waals surface area contributed by atoms with Gasteiger partial charge in [-0.3, -0.25) is 4.79 Å². The van der Waals surface area contributed by atoms with Gasteiger partial charge in [0, 0.05) is 11.1 Å². The van der Waals surface area contributed by atoms with Crippen LogP contribution in [0.25, 0.3) is 0 Å². The first-order valence-electron chi connectivity index (χ1n) is 5.29. The van der Waals surface area contributed by atoms with E-state index in [4.69, 9.17) is 5.11 Å². The van der Waals surface area contributed by atoms with Gasteiger partial charge in [-0.05, 0) is 41.5 Å². The lowest BCUT2D eigenvalue weighted by Gasteiger charge is -2.35. The molecule has 0 fully saturated rings. The molecule has 0 unspecified atom stereocenters. The van der Waals surface area contributed by atoms with Gasteiger partial charge in [-0.1, -0.05) is 0 Å². The molecular weight excluding hydrogens is 244 g/mol. The Hall–Kier alpha value is -0.660. The van der Waals surface area contributed by atoms with E-state index in [1.165, 1.54) is 0 Å². The van der Waals surface area contributed by atoms with Crippen LogP contribution in [0.2, 0.25) is 0 Å². The average molecular weight is 266 g/mol. The maximum Gasteiger partial charge on any atom is 0.318 e. The highest BCUT2D eigenvalue weighted by Gasteiger charge is 2.36. The van der Waals surface area contributed by atoms with Crippen molar-refractivity contribution in [1.29, 1.82) is 0 Å². The fourth-order valence-corrected chi connectivity index (χ4v) is 3.13. The Bertz CT molecular complexity index is 376. The van der Waals surface area contributed by atoms with Gasteiger partial charge in [0.25, 0.3) is 10.2 Å². The SMILES string of the molecule is CC(C)(C)NS(=O)(=O)N(CC(=O)O)C(C)(C)C. The zero-order valence-electron chi connectivity index (χ0n) is 11.2. The van der Waals surface area contributed by atoms with Gasteiger partial charge in [-0.15, -0.1) is 0 Å². The van der Waals surface area contributed by atoms with Crippen LogP contribution in [0.1, 0.15) is 41.5 Å². The van der Waals surface area contributed by atoms with E-state index in [0.717, 1.165) is 4.31 Å². The van der Waals surface area contributed by atoms with Crippen LogP contribution < -0.4 is 4.72 Å². The minimum absolute atomic E-state index is 0.561. The number of hydrogen-bond donors (Lipinski definition) is 2. The normalized spacial score (nSPS) is 14.1. The molecule has 0 spiro atoms. The Labute approximate surface area is 103 Å². The van der Waals surface area contributed by atoms with E-state index in [-0.39, 0.29) is 0 Å². The summed E-state index contributed by atoms with van der Waals surface area (Å²) in [4.78, 5) is 10.7. The number of rotatable bonds is 4. The van der Waals surface area contributed by atoms with Crippen LogP contribution in [0.3, 0.4) is 0 Å². The molecular formula is C10H22N2O4S. The van der Waals surface area contributed by atoms with Crippen molar-refractivity contribution in [2.75, 3.05) is 6.54 Å².